The van der Waals surface area contributed by atoms with Crippen LogP contribution in [0.4, 0.5) is 5.69 Å². The van der Waals surface area contributed by atoms with Gasteiger partial charge in [-0.25, -0.2) is 9.80 Å². The van der Waals surface area contributed by atoms with Crippen LogP contribution in [0.5, 0.6) is 11.5 Å². The van der Waals surface area contributed by atoms with Crippen molar-refractivity contribution < 1.29 is 9.47 Å². The van der Waals surface area contributed by atoms with Gasteiger partial charge in [0.05, 0.1) is 5.69 Å². The second kappa shape index (κ2) is 10.6. The van der Waals surface area contributed by atoms with Crippen molar-refractivity contribution in [3.8, 4) is 11.5 Å². The summed E-state index contributed by atoms with van der Waals surface area (Å²) in [5, 5.41) is 0. The Balaban J connectivity index is 1.51. The first-order chi connectivity index (χ1) is 16.6. The van der Waals surface area contributed by atoms with Crippen molar-refractivity contribution in [2.24, 2.45) is 17.2 Å². The van der Waals surface area contributed by atoms with Crippen LogP contribution in [0.25, 0.3) is 0 Å². The van der Waals surface area contributed by atoms with Gasteiger partial charge in [-0.05, 0) is 50.9 Å². The van der Waals surface area contributed by atoms with Crippen LogP contribution >= 0.6 is 0 Å². The molecule has 1 aromatic rings. The standard InChI is InChI=1S/C25H43N7O2/c1-2-29-14-8-11-19(29)17-30-23(26)31(18-9-5-3-4-6-10-18)25(28)32(24(30)27)20-12-7-13-21-22(20)34-16-15-33-21/h7,12-13,18-19,23-25H,2-6,8-11,14-17,26-28H2,1H3. The fraction of sp³-hybridized carbons (Fsp3) is 0.760. The molecule has 0 radical (unpaired) electrons. The number of nitrogens with zero attached hydrogens (tertiary/aromatic N) is 4. The van der Waals surface area contributed by atoms with Crippen LogP contribution < -0.4 is 31.6 Å². The number of anilines is 1. The summed E-state index contributed by atoms with van der Waals surface area (Å²) < 4.78 is 12.0. The summed E-state index contributed by atoms with van der Waals surface area (Å²) in [6.07, 6.45) is 8.44. The maximum absolute atomic E-state index is 7.03. The highest BCUT2D eigenvalue weighted by atomic mass is 16.6. The Morgan fingerprint density at radius 3 is 2.41 bits per heavy atom. The summed E-state index contributed by atoms with van der Waals surface area (Å²) in [6, 6.07) is 6.78. The number of benzene rings is 1. The third-order valence-electron chi connectivity index (χ3n) is 8.26. The number of para-hydroxylation sites is 1. The van der Waals surface area contributed by atoms with Gasteiger partial charge in [-0.1, -0.05) is 38.7 Å². The average molecular weight is 474 g/mol. The van der Waals surface area contributed by atoms with E-state index in [1.54, 1.807) is 0 Å². The third kappa shape index (κ3) is 4.50. The van der Waals surface area contributed by atoms with Crippen molar-refractivity contribution in [3.63, 3.8) is 0 Å². The fourth-order valence-electron chi connectivity index (χ4n) is 6.46. The molecular weight excluding hydrogens is 430 g/mol. The average Bonchev–Trinajstić information content (AvgIpc) is 3.14. The highest BCUT2D eigenvalue weighted by Gasteiger charge is 2.47. The number of rotatable bonds is 5. The Bertz CT molecular complexity index is 818. The fourth-order valence-corrected chi connectivity index (χ4v) is 6.46. The predicted octanol–water partition coefficient (Wildman–Crippen LogP) is 1.82. The van der Waals surface area contributed by atoms with Crippen LogP contribution in [0.3, 0.4) is 0 Å². The Hall–Kier alpha value is -1.62. The van der Waals surface area contributed by atoms with E-state index in [0.717, 1.165) is 49.7 Å². The smallest absolute Gasteiger partial charge is 0.184 e. The van der Waals surface area contributed by atoms with Gasteiger partial charge in [-0.2, -0.15) is 0 Å². The Morgan fingerprint density at radius 2 is 1.65 bits per heavy atom. The van der Waals surface area contributed by atoms with Gasteiger partial charge in [-0.15, -0.1) is 0 Å². The van der Waals surface area contributed by atoms with Crippen molar-refractivity contribution in [2.45, 2.75) is 89.2 Å². The molecular formula is C25H43N7O2. The first-order valence-electron chi connectivity index (χ1n) is 13.3. The molecule has 0 bridgehead atoms. The molecule has 190 valence electrons. The molecule has 5 rings (SSSR count). The van der Waals surface area contributed by atoms with Crippen molar-refractivity contribution in [1.29, 1.82) is 0 Å². The first kappa shape index (κ1) is 24.1. The van der Waals surface area contributed by atoms with E-state index in [9.17, 15) is 0 Å². The maximum Gasteiger partial charge on any atom is 0.184 e. The minimum absolute atomic E-state index is 0.319. The van der Waals surface area contributed by atoms with E-state index in [-0.39, 0.29) is 6.29 Å². The van der Waals surface area contributed by atoms with E-state index < -0.39 is 12.6 Å². The second-order valence-electron chi connectivity index (χ2n) is 10.2. The number of likely N-dealkylation sites (tertiary alicyclic amines) is 1. The Kier molecular flexibility index (Phi) is 7.48. The van der Waals surface area contributed by atoms with Gasteiger partial charge in [0.1, 0.15) is 32.1 Å². The first-order valence-corrected chi connectivity index (χ1v) is 13.3. The number of hydrogen-bond acceptors (Lipinski definition) is 9. The third-order valence-corrected chi connectivity index (χ3v) is 8.26. The quantitative estimate of drug-likeness (QED) is 0.552. The molecule has 9 heteroatoms. The molecule has 2 saturated heterocycles. The summed E-state index contributed by atoms with van der Waals surface area (Å²) in [5.41, 5.74) is 21.9. The van der Waals surface area contributed by atoms with Crippen molar-refractivity contribution in [2.75, 3.05) is 37.7 Å². The van der Waals surface area contributed by atoms with Gasteiger partial charge in [-0.3, -0.25) is 16.4 Å². The molecule has 1 aliphatic carbocycles. The lowest BCUT2D eigenvalue weighted by Gasteiger charge is -2.57. The highest BCUT2D eigenvalue weighted by Crippen LogP contribution is 2.42. The van der Waals surface area contributed by atoms with Crippen LogP contribution in [0, 0.1) is 0 Å². The van der Waals surface area contributed by atoms with Crippen molar-refractivity contribution in [3.05, 3.63) is 18.2 Å². The number of hydrogen-bond donors (Lipinski definition) is 3. The summed E-state index contributed by atoms with van der Waals surface area (Å²) in [7, 11) is 0. The lowest BCUT2D eigenvalue weighted by Crippen LogP contribution is -2.80. The van der Waals surface area contributed by atoms with Crippen molar-refractivity contribution >= 4 is 5.69 Å². The Labute approximate surface area is 204 Å². The van der Waals surface area contributed by atoms with Gasteiger partial charge < -0.3 is 20.1 Å². The van der Waals surface area contributed by atoms with E-state index in [2.05, 4.69) is 26.5 Å². The van der Waals surface area contributed by atoms with Crippen LogP contribution in [0.15, 0.2) is 18.2 Å². The summed E-state index contributed by atoms with van der Waals surface area (Å²) in [4.78, 5) is 9.24. The number of fused-ring (bicyclic) bond motifs is 1. The minimum atomic E-state index is -0.455. The van der Waals surface area contributed by atoms with Crippen LogP contribution in [-0.4, -0.2) is 78.5 Å². The summed E-state index contributed by atoms with van der Waals surface area (Å²) in [6.45, 7) is 6.33. The van der Waals surface area contributed by atoms with E-state index in [1.165, 1.54) is 38.5 Å². The molecule has 4 unspecified atom stereocenters. The lowest BCUT2D eigenvalue weighted by atomic mass is 10.1. The normalized spacial score (nSPS) is 32.2. The van der Waals surface area contributed by atoms with E-state index in [4.69, 9.17) is 26.7 Å². The largest absolute Gasteiger partial charge is 0.486 e. The molecule has 4 aliphatic rings. The molecule has 34 heavy (non-hydrogen) atoms. The molecule has 1 aromatic carbocycles. The van der Waals surface area contributed by atoms with Gasteiger partial charge >= 0.3 is 0 Å². The Morgan fingerprint density at radius 1 is 0.882 bits per heavy atom. The minimum Gasteiger partial charge on any atom is -0.486 e. The molecule has 1 saturated carbocycles. The van der Waals surface area contributed by atoms with E-state index >= 15 is 0 Å². The zero-order valence-corrected chi connectivity index (χ0v) is 20.6. The number of nitrogens with two attached hydrogens (primary N) is 3. The van der Waals surface area contributed by atoms with Crippen LogP contribution in [0.1, 0.15) is 58.3 Å². The van der Waals surface area contributed by atoms with Crippen LogP contribution in [-0.2, 0) is 0 Å². The highest BCUT2D eigenvalue weighted by molar-refractivity contribution is 5.66. The number of ether oxygens (including phenoxy) is 2. The molecule has 0 amide bonds. The maximum atomic E-state index is 7.03. The SMILES string of the molecule is CCN1CCCC1CN1C(N)N(c2cccc3c2OCCO3)C(N)N(C2CCCCCC2)C1N. The summed E-state index contributed by atoms with van der Waals surface area (Å²) >= 11 is 0. The molecule has 0 spiro atoms. The van der Waals surface area contributed by atoms with Gasteiger partial charge in [0.2, 0.25) is 0 Å². The van der Waals surface area contributed by atoms with E-state index in [0.29, 0.717) is 25.3 Å². The zero-order valence-electron chi connectivity index (χ0n) is 20.6. The molecule has 3 aliphatic heterocycles. The van der Waals surface area contributed by atoms with Crippen molar-refractivity contribution in [1.82, 2.24) is 14.7 Å². The molecule has 0 aromatic heterocycles. The predicted molar refractivity (Wildman–Crippen MR) is 134 cm³/mol. The monoisotopic (exact) mass is 473 g/mol. The topological polar surface area (TPSA) is 109 Å². The van der Waals surface area contributed by atoms with Crippen LogP contribution in [0.2, 0.25) is 0 Å². The van der Waals surface area contributed by atoms with E-state index in [1.807, 2.05) is 18.2 Å². The molecule has 6 N–H and O–H groups in total. The lowest BCUT2D eigenvalue weighted by molar-refractivity contribution is -0.0919. The zero-order chi connectivity index (χ0) is 23.7. The van der Waals surface area contributed by atoms with Gasteiger partial charge in [0, 0.05) is 18.6 Å². The second-order valence-corrected chi connectivity index (χ2v) is 10.2. The molecule has 3 fully saturated rings. The molecule has 9 nitrogen and oxygen atoms in total. The van der Waals surface area contributed by atoms with Gasteiger partial charge in [0.15, 0.2) is 11.5 Å². The number of likely N-dealkylation sites (N-methyl/N-ethyl adjacent to an activating group) is 1. The van der Waals surface area contributed by atoms with Gasteiger partial charge in [0.25, 0.3) is 0 Å². The molecule has 3 heterocycles. The summed E-state index contributed by atoms with van der Waals surface area (Å²) in [5.74, 6) is 1.48. The molecule has 4 atom stereocenters.